The van der Waals surface area contributed by atoms with Crippen LogP contribution in [-0.4, -0.2) is 5.78 Å². The minimum atomic E-state index is -0.144. The molecule has 1 rings (SSSR count). The van der Waals surface area contributed by atoms with E-state index in [1.807, 2.05) is 30.3 Å². The lowest BCUT2D eigenvalue weighted by Gasteiger charge is -2.08. The van der Waals surface area contributed by atoms with Gasteiger partial charge in [0.25, 0.3) is 0 Å². The van der Waals surface area contributed by atoms with E-state index in [0.29, 0.717) is 6.42 Å². The quantitative estimate of drug-likeness (QED) is 0.509. The summed E-state index contributed by atoms with van der Waals surface area (Å²) in [5.74, 6) is -0.0320. The van der Waals surface area contributed by atoms with Crippen LogP contribution in [0.5, 0.6) is 0 Å². The summed E-state index contributed by atoms with van der Waals surface area (Å²) in [4.78, 5) is 11.8. The van der Waals surface area contributed by atoms with Gasteiger partial charge in [-0.15, -0.1) is 13.2 Å². The third kappa shape index (κ3) is 2.43. The Bertz CT molecular complexity index is 324. The monoisotopic (exact) mass is 186 g/mol. The fourth-order valence-electron chi connectivity index (χ4n) is 1.31. The summed E-state index contributed by atoms with van der Waals surface area (Å²) < 4.78 is 0. The zero-order valence-electron chi connectivity index (χ0n) is 8.15. The summed E-state index contributed by atoms with van der Waals surface area (Å²) >= 11 is 0. The van der Waals surface area contributed by atoms with Crippen molar-refractivity contribution in [2.75, 3.05) is 0 Å². The van der Waals surface area contributed by atoms with E-state index in [0.717, 1.165) is 5.56 Å². The fraction of sp³-hybridized carbons (Fsp3) is 0.154. The van der Waals surface area contributed by atoms with Gasteiger partial charge in [-0.3, -0.25) is 4.79 Å². The summed E-state index contributed by atoms with van der Waals surface area (Å²) in [5.41, 5.74) is 0.735. The van der Waals surface area contributed by atoms with E-state index in [1.165, 1.54) is 0 Å². The van der Waals surface area contributed by atoms with Gasteiger partial charge in [-0.05, 0) is 6.42 Å². The Balaban J connectivity index is 2.83. The highest BCUT2D eigenvalue weighted by Crippen LogP contribution is 2.13. The molecule has 1 aromatic carbocycles. The van der Waals surface area contributed by atoms with Crippen molar-refractivity contribution in [2.45, 2.75) is 6.42 Å². The largest absolute Gasteiger partial charge is 0.294 e. The molecule has 0 saturated heterocycles. The molecule has 0 spiro atoms. The first-order chi connectivity index (χ1) is 6.79. The lowest BCUT2D eigenvalue weighted by Crippen LogP contribution is -2.11. The number of Topliss-reactive ketones (excluding diaryl/α,β-unsaturated/α-hetero) is 1. The van der Waals surface area contributed by atoms with Gasteiger partial charge in [0.05, 0.1) is 0 Å². The SMILES string of the molecule is C=CCC(C=C)C(=O)c1ccccc1. The van der Waals surface area contributed by atoms with Gasteiger partial charge >= 0.3 is 0 Å². The van der Waals surface area contributed by atoms with Gasteiger partial charge in [-0.1, -0.05) is 42.5 Å². The molecular weight excluding hydrogens is 172 g/mol. The number of ketones is 1. The lowest BCUT2D eigenvalue weighted by molar-refractivity contribution is 0.0946. The van der Waals surface area contributed by atoms with Crippen LogP contribution in [0.3, 0.4) is 0 Å². The predicted octanol–water partition coefficient (Wildman–Crippen LogP) is 3.25. The number of hydrogen-bond donors (Lipinski definition) is 0. The molecular formula is C13H14O. The number of hydrogen-bond acceptors (Lipinski definition) is 1. The van der Waals surface area contributed by atoms with Gasteiger partial charge in [0.2, 0.25) is 0 Å². The van der Waals surface area contributed by atoms with E-state index in [4.69, 9.17) is 0 Å². The molecule has 0 radical (unpaired) electrons. The highest BCUT2D eigenvalue weighted by atomic mass is 16.1. The van der Waals surface area contributed by atoms with Gasteiger partial charge in [-0.25, -0.2) is 0 Å². The number of benzene rings is 1. The van der Waals surface area contributed by atoms with Crippen molar-refractivity contribution in [1.29, 1.82) is 0 Å². The van der Waals surface area contributed by atoms with E-state index < -0.39 is 0 Å². The highest BCUT2D eigenvalue weighted by Gasteiger charge is 2.14. The van der Waals surface area contributed by atoms with Crippen LogP contribution in [0.2, 0.25) is 0 Å². The standard InChI is InChI=1S/C13H14O/c1-3-8-11(4-2)13(14)12-9-6-5-7-10-12/h3-7,9-11H,1-2,8H2. The first-order valence-electron chi connectivity index (χ1n) is 4.62. The van der Waals surface area contributed by atoms with Crippen molar-refractivity contribution in [3.63, 3.8) is 0 Å². The van der Waals surface area contributed by atoms with Crippen molar-refractivity contribution in [3.05, 3.63) is 61.2 Å². The molecule has 0 fully saturated rings. The van der Waals surface area contributed by atoms with Crippen molar-refractivity contribution in [2.24, 2.45) is 5.92 Å². The van der Waals surface area contributed by atoms with E-state index in [9.17, 15) is 4.79 Å². The Morgan fingerprint density at radius 2 is 1.93 bits per heavy atom. The second-order valence-corrected chi connectivity index (χ2v) is 3.10. The third-order valence-corrected chi connectivity index (χ3v) is 2.10. The molecule has 1 unspecified atom stereocenters. The Kier molecular flexibility index (Phi) is 3.86. The molecule has 0 aromatic heterocycles. The molecule has 0 heterocycles. The van der Waals surface area contributed by atoms with E-state index in [1.54, 1.807) is 12.2 Å². The van der Waals surface area contributed by atoms with Gasteiger partial charge < -0.3 is 0 Å². The second-order valence-electron chi connectivity index (χ2n) is 3.10. The first-order valence-corrected chi connectivity index (χ1v) is 4.62. The molecule has 1 aromatic rings. The van der Waals surface area contributed by atoms with Crippen LogP contribution in [0.15, 0.2) is 55.6 Å². The molecule has 0 aliphatic heterocycles. The summed E-state index contributed by atoms with van der Waals surface area (Å²) in [5, 5.41) is 0. The molecule has 1 heteroatoms. The molecule has 0 aliphatic rings. The number of rotatable bonds is 5. The molecule has 0 saturated carbocycles. The van der Waals surface area contributed by atoms with Crippen molar-refractivity contribution in [1.82, 2.24) is 0 Å². The molecule has 1 nitrogen and oxygen atoms in total. The molecule has 72 valence electrons. The predicted molar refractivity (Wildman–Crippen MR) is 59.3 cm³/mol. The molecule has 0 amide bonds. The lowest BCUT2D eigenvalue weighted by atomic mass is 9.95. The molecule has 1 atom stereocenters. The van der Waals surface area contributed by atoms with Gasteiger partial charge in [-0.2, -0.15) is 0 Å². The van der Waals surface area contributed by atoms with Crippen molar-refractivity contribution >= 4 is 5.78 Å². The Hall–Kier alpha value is -1.63. The Labute approximate surface area is 84.8 Å². The Morgan fingerprint density at radius 3 is 2.43 bits per heavy atom. The fourth-order valence-corrected chi connectivity index (χ4v) is 1.31. The maximum Gasteiger partial charge on any atom is 0.169 e. The van der Waals surface area contributed by atoms with Crippen molar-refractivity contribution in [3.8, 4) is 0 Å². The van der Waals surface area contributed by atoms with E-state index >= 15 is 0 Å². The van der Waals surface area contributed by atoms with Crippen LogP contribution in [0, 0.1) is 5.92 Å². The van der Waals surface area contributed by atoms with E-state index in [2.05, 4.69) is 13.2 Å². The van der Waals surface area contributed by atoms with Crippen molar-refractivity contribution < 1.29 is 4.79 Å². The minimum absolute atomic E-state index is 0.112. The van der Waals surface area contributed by atoms with Crippen LogP contribution < -0.4 is 0 Å². The first kappa shape index (κ1) is 10.5. The molecule has 0 aliphatic carbocycles. The normalized spacial score (nSPS) is 11.7. The number of carbonyl (C=O) groups excluding carboxylic acids is 1. The smallest absolute Gasteiger partial charge is 0.169 e. The Morgan fingerprint density at radius 1 is 1.29 bits per heavy atom. The summed E-state index contributed by atoms with van der Waals surface area (Å²) in [7, 11) is 0. The number of carbonyl (C=O) groups is 1. The summed E-state index contributed by atoms with van der Waals surface area (Å²) in [6.45, 7) is 7.28. The zero-order chi connectivity index (χ0) is 10.4. The van der Waals surface area contributed by atoms with Crippen LogP contribution >= 0.6 is 0 Å². The van der Waals surface area contributed by atoms with Crippen LogP contribution in [0.1, 0.15) is 16.8 Å². The van der Waals surface area contributed by atoms with Gasteiger partial charge in [0.1, 0.15) is 0 Å². The third-order valence-electron chi connectivity index (χ3n) is 2.10. The topological polar surface area (TPSA) is 17.1 Å². The molecule has 14 heavy (non-hydrogen) atoms. The number of allylic oxidation sites excluding steroid dienone is 2. The average Bonchev–Trinajstić information content (AvgIpc) is 2.26. The average molecular weight is 186 g/mol. The maximum absolute atomic E-state index is 11.8. The van der Waals surface area contributed by atoms with Crippen LogP contribution in [0.25, 0.3) is 0 Å². The minimum Gasteiger partial charge on any atom is -0.294 e. The highest BCUT2D eigenvalue weighted by molar-refractivity contribution is 5.98. The summed E-state index contributed by atoms with van der Waals surface area (Å²) in [6, 6.07) is 9.26. The van der Waals surface area contributed by atoms with Crippen LogP contribution in [-0.2, 0) is 0 Å². The molecule has 0 N–H and O–H groups in total. The van der Waals surface area contributed by atoms with Gasteiger partial charge in [0.15, 0.2) is 5.78 Å². The van der Waals surface area contributed by atoms with E-state index in [-0.39, 0.29) is 11.7 Å². The maximum atomic E-state index is 11.8. The second kappa shape index (κ2) is 5.18. The van der Waals surface area contributed by atoms with Crippen LogP contribution in [0.4, 0.5) is 0 Å². The summed E-state index contributed by atoms with van der Waals surface area (Å²) in [6.07, 6.45) is 4.07. The zero-order valence-corrected chi connectivity index (χ0v) is 8.15. The van der Waals surface area contributed by atoms with Gasteiger partial charge in [0, 0.05) is 11.5 Å². The molecule has 0 bridgehead atoms.